The number of rotatable bonds is 4. The first-order valence-electron chi connectivity index (χ1n) is 5.90. The van der Waals surface area contributed by atoms with Crippen molar-refractivity contribution in [2.24, 2.45) is 5.73 Å². The average molecular weight is 278 g/mol. The fourth-order valence-electron chi connectivity index (χ4n) is 2.02. The Kier molecular flexibility index (Phi) is 4.30. The second kappa shape index (κ2) is 5.95. The summed E-state index contributed by atoms with van der Waals surface area (Å²) in [6.45, 7) is 0.435. The third-order valence-electron chi connectivity index (χ3n) is 2.98. The van der Waals surface area contributed by atoms with E-state index in [2.05, 4.69) is 0 Å². The van der Waals surface area contributed by atoms with E-state index in [0.717, 1.165) is 16.7 Å². The highest BCUT2D eigenvalue weighted by Crippen LogP contribution is 2.34. The third-order valence-corrected chi connectivity index (χ3v) is 3.22. The van der Waals surface area contributed by atoms with E-state index in [1.165, 1.54) is 0 Å². The standard InChI is InChI=1S/C15H16ClNO2/c1-18-14-6-3-10(8-15(14)19-2)13-5-4-12(16)7-11(13)9-17/h3-8H,9,17H2,1-2H3. The van der Waals surface area contributed by atoms with Gasteiger partial charge in [-0.3, -0.25) is 0 Å². The lowest BCUT2D eigenvalue weighted by molar-refractivity contribution is 0.355. The van der Waals surface area contributed by atoms with Crippen LogP contribution in [0.3, 0.4) is 0 Å². The summed E-state index contributed by atoms with van der Waals surface area (Å²) in [5.74, 6) is 1.40. The molecule has 19 heavy (non-hydrogen) atoms. The zero-order chi connectivity index (χ0) is 13.8. The molecule has 0 atom stereocenters. The number of nitrogens with two attached hydrogens (primary N) is 1. The van der Waals surface area contributed by atoms with Gasteiger partial charge in [-0.15, -0.1) is 0 Å². The zero-order valence-electron chi connectivity index (χ0n) is 10.9. The molecule has 0 saturated heterocycles. The number of ether oxygens (including phenoxy) is 2. The van der Waals surface area contributed by atoms with Crippen LogP contribution in [0.25, 0.3) is 11.1 Å². The highest BCUT2D eigenvalue weighted by Gasteiger charge is 2.09. The third kappa shape index (κ3) is 2.83. The van der Waals surface area contributed by atoms with Crippen molar-refractivity contribution in [2.75, 3.05) is 14.2 Å². The molecule has 2 rings (SSSR count). The molecular formula is C15H16ClNO2. The van der Waals surface area contributed by atoms with E-state index in [-0.39, 0.29) is 0 Å². The van der Waals surface area contributed by atoms with Gasteiger partial charge in [-0.25, -0.2) is 0 Å². The Balaban J connectivity index is 2.53. The maximum Gasteiger partial charge on any atom is 0.161 e. The summed E-state index contributed by atoms with van der Waals surface area (Å²) in [5, 5.41) is 0.685. The lowest BCUT2D eigenvalue weighted by atomic mass is 9.99. The first-order chi connectivity index (χ1) is 9.19. The molecule has 0 fully saturated rings. The zero-order valence-corrected chi connectivity index (χ0v) is 11.7. The van der Waals surface area contributed by atoms with Crippen molar-refractivity contribution in [2.45, 2.75) is 6.54 Å². The molecule has 2 aromatic carbocycles. The lowest BCUT2D eigenvalue weighted by Gasteiger charge is -2.12. The molecule has 2 aromatic rings. The van der Waals surface area contributed by atoms with Crippen LogP contribution in [0.4, 0.5) is 0 Å². The van der Waals surface area contributed by atoms with Crippen molar-refractivity contribution in [3.05, 3.63) is 47.0 Å². The first kappa shape index (κ1) is 13.7. The van der Waals surface area contributed by atoms with Crippen LogP contribution >= 0.6 is 11.6 Å². The van der Waals surface area contributed by atoms with Crippen LogP contribution in [0.15, 0.2) is 36.4 Å². The maximum atomic E-state index is 5.99. The predicted molar refractivity (Wildman–Crippen MR) is 77.9 cm³/mol. The first-order valence-corrected chi connectivity index (χ1v) is 6.28. The van der Waals surface area contributed by atoms with E-state index in [4.69, 9.17) is 26.8 Å². The smallest absolute Gasteiger partial charge is 0.161 e. The van der Waals surface area contributed by atoms with Crippen LogP contribution in [-0.4, -0.2) is 14.2 Å². The number of methoxy groups -OCH3 is 2. The maximum absolute atomic E-state index is 5.99. The largest absolute Gasteiger partial charge is 0.493 e. The summed E-state index contributed by atoms with van der Waals surface area (Å²) in [5.41, 5.74) is 8.84. The Hall–Kier alpha value is -1.71. The Bertz CT molecular complexity index is 584. The molecule has 0 bridgehead atoms. The molecule has 0 aliphatic heterocycles. The van der Waals surface area contributed by atoms with E-state index in [1.807, 2.05) is 36.4 Å². The molecule has 0 radical (unpaired) electrons. The molecular weight excluding hydrogens is 262 g/mol. The summed E-state index contributed by atoms with van der Waals surface area (Å²) in [4.78, 5) is 0. The van der Waals surface area contributed by atoms with E-state index >= 15 is 0 Å². The molecule has 0 saturated carbocycles. The molecule has 0 aliphatic rings. The molecule has 0 aromatic heterocycles. The Morgan fingerprint density at radius 1 is 1.00 bits per heavy atom. The van der Waals surface area contributed by atoms with Crippen molar-refractivity contribution < 1.29 is 9.47 Å². The number of hydrogen-bond donors (Lipinski definition) is 1. The van der Waals surface area contributed by atoms with Gasteiger partial charge in [0.2, 0.25) is 0 Å². The van der Waals surface area contributed by atoms with Crippen LogP contribution in [-0.2, 0) is 6.54 Å². The SMILES string of the molecule is COc1ccc(-c2ccc(Cl)cc2CN)cc1OC. The van der Waals surface area contributed by atoms with Gasteiger partial charge in [-0.05, 0) is 41.0 Å². The lowest BCUT2D eigenvalue weighted by Crippen LogP contribution is -1.99. The van der Waals surface area contributed by atoms with E-state index in [1.54, 1.807) is 14.2 Å². The predicted octanol–water partition coefficient (Wildman–Crippen LogP) is 3.48. The van der Waals surface area contributed by atoms with Crippen molar-refractivity contribution >= 4 is 11.6 Å². The quantitative estimate of drug-likeness (QED) is 0.930. The number of hydrogen-bond acceptors (Lipinski definition) is 3. The van der Waals surface area contributed by atoms with E-state index < -0.39 is 0 Å². The van der Waals surface area contributed by atoms with Gasteiger partial charge in [-0.1, -0.05) is 23.7 Å². The molecule has 0 unspecified atom stereocenters. The summed E-state index contributed by atoms with van der Waals surface area (Å²) >= 11 is 5.99. The van der Waals surface area contributed by atoms with Gasteiger partial charge in [0.15, 0.2) is 11.5 Å². The molecule has 0 heterocycles. The molecule has 0 aliphatic carbocycles. The van der Waals surface area contributed by atoms with Gasteiger partial charge in [-0.2, -0.15) is 0 Å². The van der Waals surface area contributed by atoms with Gasteiger partial charge in [0.05, 0.1) is 14.2 Å². The Morgan fingerprint density at radius 2 is 1.74 bits per heavy atom. The average Bonchev–Trinajstić information content (AvgIpc) is 2.46. The highest BCUT2D eigenvalue weighted by atomic mass is 35.5. The summed E-state index contributed by atoms with van der Waals surface area (Å²) in [7, 11) is 3.23. The fraction of sp³-hybridized carbons (Fsp3) is 0.200. The van der Waals surface area contributed by atoms with Gasteiger partial charge in [0.25, 0.3) is 0 Å². The summed E-state index contributed by atoms with van der Waals surface area (Å²) in [6, 6.07) is 11.5. The molecule has 0 spiro atoms. The summed E-state index contributed by atoms with van der Waals surface area (Å²) < 4.78 is 10.5. The van der Waals surface area contributed by atoms with Gasteiger partial charge in [0.1, 0.15) is 0 Å². The van der Waals surface area contributed by atoms with Crippen LogP contribution < -0.4 is 15.2 Å². The van der Waals surface area contributed by atoms with Crippen molar-refractivity contribution in [1.29, 1.82) is 0 Å². The number of halogens is 1. The second-order valence-electron chi connectivity index (χ2n) is 4.08. The van der Waals surface area contributed by atoms with Gasteiger partial charge in [0, 0.05) is 11.6 Å². The minimum Gasteiger partial charge on any atom is -0.493 e. The van der Waals surface area contributed by atoms with Crippen LogP contribution in [0.5, 0.6) is 11.5 Å². The van der Waals surface area contributed by atoms with Gasteiger partial charge < -0.3 is 15.2 Å². The highest BCUT2D eigenvalue weighted by molar-refractivity contribution is 6.30. The van der Waals surface area contributed by atoms with Crippen molar-refractivity contribution in [3.63, 3.8) is 0 Å². The molecule has 100 valence electrons. The van der Waals surface area contributed by atoms with Crippen molar-refractivity contribution in [1.82, 2.24) is 0 Å². The Morgan fingerprint density at radius 3 is 2.37 bits per heavy atom. The van der Waals surface area contributed by atoms with Crippen LogP contribution in [0.1, 0.15) is 5.56 Å². The van der Waals surface area contributed by atoms with Gasteiger partial charge >= 0.3 is 0 Å². The monoisotopic (exact) mass is 277 g/mol. The summed E-state index contributed by atoms with van der Waals surface area (Å²) in [6.07, 6.45) is 0. The Labute approximate surface area is 117 Å². The number of benzene rings is 2. The minimum absolute atomic E-state index is 0.435. The molecule has 3 nitrogen and oxygen atoms in total. The van der Waals surface area contributed by atoms with E-state index in [9.17, 15) is 0 Å². The topological polar surface area (TPSA) is 44.5 Å². The minimum atomic E-state index is 0.435. The molecule has 4 heteroatoms. The van der Waals surface area contributed by atoms with E-state index in [0.29, 0.717) is 23.1 Å². The second-order valence-corrected chi connectivity index (χ2v) is 4.51. The molecule has 0 amide bonds. The van der Waals surface area contributed by atoms with Crippen molar-refractivity contribution in [3.8, 4) is 22.6 Å². The van der Waals surface area contributed by atoms with Crippen LogP contribution in [0.2, 0.25) is 5.02 Å². The van der Waals surface area contributed by atoms with Crippen LogP contribution in [0, 0.1) is 0 Å². The fourth-order valence-corrected chi connectivity index (χ4v) is 2.21. The molecule has 2 N–H and O–H groups in total. The normalized spacial score (nSPS) is 10.3.